The van der Waals surface area contributed by atoms with Gasteiger partial charge in [0.15, 0.2) is 0 Å². The summed E-state index contributed by atoms with van der Waals surface area (Å²) in [5.74, 6) is 0.339. The molecule has 4 heteroatoms. The number of carbonyl (C=O) groups is 1. The number of ether oxygens (including phenoxy) is 1. The highest BCUT2D eigenvalue weighted by Gasteiger charge is 2.19. The highest BCUT2D eigenvalue weighted by atomic mass is 35.5. The first-order valence-corrected chi connectivity index (χ1v) is 6.48. The Morgan fingerprint density at radius 2 is 1.94 bits per heavy atom. The summed E-state index contributed by atoms with van der Waals surface area (Å²) in [5.41, 5.74) is 0.899. The first-order valence-electron chi connectivity index (χ1n) is 5.72. The van der Waals surface area contributed by atoms with Gasteiger partial charge in [0, 0.05) is 22.9 Å². The van der Waals surface area contributed by atoms with Gasteiger partial charge in [0.25, 0.3) is 0 Å². The molecule has 17 heavy (non-hydrogen) atoms. The summed E-state index contributed by atoms with van der Waals surface area (Å²) < 4.78 is 5.76. The van der Waals surface area contributed by atoms with E-state index in [1.54, 1.807) is 12.1 Å². The van der Waals surface area contributed by atoms with Gasteiger partial charge in [-0.05, 0) is 36.6 Å². The molecule has 2 nitrogen and oxygen atoms in total. The summed E-state index contributed by atoms with van der Waals surface area (Å²) in [4.78, 5) is 11.1. The van der Waals surface area contributed by atoms with Crippen molar-refractivity contribution in [1.29, 1.82) is 0 Å². The van der Waals surface area contributed by atoms with Crippen LogP contribution in [0.15, 0.2) is 18.2 Å². The normalized spacial score (nSPS) is 17.4. The van der Waals surface area contributed by atoms with E-state index in [2.05, 4.69) is 0 Å². The molecule has 0 aliphatic heterocycles. The van der Waals surface area contributed by atoms with Gasteiger partial charge in [0.2, 0.25) is 0 Å². The molecule has 1 aliphatic carbocycles. The van der Waals surface area contributed by atoms with E-state index >= 15 is 0 Å². The van der Waals surface area contributed by atoms with Crippen LogP contribution in [0.2, 0.25) is 10.0 Å². The highest BCUT2D eigenvalue weighted by molar-refractivity contribution is 6.33. The van der Waals surface area contributed by atoms with Crippen molar-refractivity contribution in [3.63, 3.8) is 0 Å². The fraction of sp³-hybridized carbons (Fsp3) is 0.462. The maximum absolute atomic E-state index is 11.1. The van der Waals surface area contributed by atoms with Crippen molar-refractivity contribution in [2.45, 2.75) is 38.4 Å². The Bertz CT molecular complexity index is 408. The molecule has 0 amide bonds. The topological polar surface area (TPSA) is 26.3 Å². The molecule has 1 aromatic rings. The minimum absolute atomic E-state index is 0.169. The molecule has 0 saturated heterocycles. The lowest BCUT2D eigenvalue weighted by Gasteiger charge is -2.21. The maximum Gasteiger partial charge on any atom is 0.133 e. The maximum atomic E-state index is 11.1. The first kappa shape index (κ1) is 12.9. The van der Waals surface area contributed by atoms with Crippen LogP contribution in [0.4, 0.5) is 0 Å². The number of Topliss-reactive ketones (excluding diaryl/α,β-unsaturated/α-hetero) is 1. The molecule has 0 N–H and O–H groups in total. The molecule has 0 radical (unpaired) electrons. The van der Waals surface area contributed by atoms with Crippen molar-refractivity contribution in [3.8, 4) is 0 Å². The van der Waals surface area contributed by atoms with Crippen LogP contribution in [0.25, 0.3) is 0 Å². The van der Waals surface area contributed by atoms with Gasteiger partial charge in [-0.2, -0.15) is 0 Å². The van der Waals surface area contributed by atoms with E-state index in [0.717, 1.165) is 18.4 Å². The van der Waals surface area contributed by atoms with Gasteiger partial charge in [0.05, 0.1) is 12.7 Å². The zero-order valence-electron chi connectivity index (χ0n) is 9.42. The number of ketones is 1. The lowest BCUT2D eigenvalue weighted by atomic mass is 9.96. The molecule has 1 saturated carbocycles. The van der Waals surface area contributed by atoms with Gasteiger partial charge in [0.1, 0.15) is 5.78 Å². The Morgan fingerprint density at radius 3 is 2.65 bits per heavy atom. The smallest absolute Gasteiger partial charge is 0.133 e. The van der Waals surface area contributed by atoms with Crippen molar-refractivity contribution >= 4 is 29.0 Å². The van der Waals surface area contributed by atoms with Gasteiger partial charge in [-0.15, -0.1) is 0 Å². The first-order chi connectivity index (χ1) is 8.15. The van der Waals surface area contributed by atoms with Gasteiger partial charge in [-0.1, -0.05) is 23.2 Å². The Labute approximate surface area is 111 Å². The number of hydrogen-bond donors (Lipinski definition) is 0. The van der Waals surface area contributed by atoms with Crippen LogP contribution in [-0.2, 0) is 16.1 Å². The summed E-state index contributed by atoms with van der Waals surface area (Å²) in [5, 5.41) is 1.33. The largest absolute Gasteiger partial charge is 0.373 e. The average molecular weight is 273 g/mol. The van der Waals surface area contributed by atoms with Crippen molar-refractivity contribution < 1.29 is 9.53 Å². The molecule has 0 heterocycles. The van der Waals surface area contributed by atoms with Gasteiger partial charge in [-0.25, -0.2) is 0 Å². The SMILES string of the molecule is O=C1CCC(OCc2cc(Cl)ccc2Cl)CC1. The van der Waals surface area contributed by atoms with Crippen molar-refractivity contribution in [2.24, 2.45) is 0 Å². The van der Waals surface area contributed by atoms with Gasteiger partial charge >= 0.3 is 0 Å². The fourth-order valence-corrected chi connectivity index (χ4v) is 2.31. The van der Waals surface area contributed by atoms with Crippen LogP contribution in [0, 0.1) is 0 Å². The molecule has 2 rings (SSSR count). The lowest BCUT2D eigenvalue weighted by Crippen LogP contribution is -2.21. The van der Waals surface area contributed by atoms with E-state index in [1.165, 1.54) is 0 Å². The van der Waals surface area contributed by atoms with Crippen LogP contribution < -0.4 is 0 Å². The van der Waals surface area contributed by atoms with Gasteiger partial charge < -0.3 is 4.74 Å². The molecule has 1 fully saturated rings. The third-order valence-corrected chi connectivity index (χ3v) is 3.58. The van der Waals surface area contributed by atoms with E-state index in [1.807, 2.05) is 6.07 Å². The molecule has 1 aliphatic rings. The van der Waals surface area contributed by atoms with Crippen LogP contribution >= 0.6 is 23.2 Å². The fourth-order valence-electron chi connectivity index (χ4n) is 1.94. The minimum atomic E-state index is 0.169. The quantitative estimate of drug-likeness (QED) is 0.831. The Morgan fingerprint density at radius 1 is 1.24 bits per heavy atom. The summed E-state index contributed by atoms with van der Waals surface area (Å²) in [6.07, 6.45) is 3.07. The number of halogens is 2. The zero-order valence-corrected chi connectivity index (χ0v) is 10.9. The molecule has 0 aromatic heterocycles. The molecule has 0 unspecified atom stereocenters. The summed E-state index contributed by atoms with van der Waals surface area (Å²) >= 11 is 11.9. The van der Waals surface area contributed by atoms with E-state index < -0.39 is 0 Å². The number of benzene rings is 1. The number of carbonyl (C=O) groups excluding carboxylic acids is 1. The second kappa shape index (κ2) is 5.85. The van der Waals surface area contributed by atoms with Crippen LogP contribution in [0.5, 0.6) is 0 Å². The van der Waals surface area contributed by atoms with Crippen LogP contribution in [0.3, 0.4) is 0 Å². The van der Waals surface area contributed by atoms with Crippen molar-refractivity contribution in [3.05, 3.63) is 33.8 Å². The minimum Gasteiger partial charge on any atom is -0.373 e. The monoisotopic (exact) mass is 272 g/mol. The predicted molar refractivity (Wildman–Crippen MR) is 68.5 cm³/mol. The highest BCUT2D eigenvalue weighted by Crippen LogP contribution is 2.24. The van der Waals surface area contributed by atoms with Crippen LogP contribution in [-0.4, -0.2) is 11.9 Å². The average Bonchev–Trinajstić information content (AvgIpc) is 2.32. The van der Waals surface area contributed by atoms with Crippen LogP contribution in [0.1, 0.15) is 31.2 Å². The van der Waals surface area contributed by atoms with E-state index in [-0.39, 0.29) is 6.10 Å². The standard InChI is InChI=1S/C13H14Cl2O2/c14-10-1-6-13(15)9(7-10)8-17-12-4-2-11(16)3-5-12/h1,6-7,12H,2-5,8H2. The molecule has 1 aromatic carbocycles. The number of hydrogen-bond acceptors (Lipinski definition) is 2. The summed E-state index contributed by atoms with van der Waals surface area (Å²) in [6.45, 7) is 0.457. The van der Waals surface area contributed by atoms with Crippen molar-refractivity contribution in [1.82, 2.24) is 0 Å². The van der Waals surface area contributed by atoms with E-state index in [0.29, 0.717) is 35.3 Å². The zero-order chi connectivity index (χ0) is 12.3. The third-order valence-electron chi connectivity index (χ3n) is 2.97. The Kier molecular flexibility index (Phi) is 4.43. The molecule has 0 bridgehead atoms. The Balaban J connectivity index is 1.89. The molecule has 0 spiro atoms. The van der Waals surface area contributed by atoms with Crippen molar-refractivity contribution in [2.75, 3.05) is 0 Å². The Hall–Kier alpha value is -0.570. The molecule has 0 atom stereocenters. The predicted octanol–water partition coefficient (Wildman–Crippen LogP) is 4.02. The number of rotatable bonds is 3. The second-order valence-electron chi connectivity index (χ2n) is 4.28. The van der Waals surface area contributed by atoms with E-state index in [4.69, 9.17) is 27.9 Å². The molecular formula is C13H14Cl2O2. The van der Waals surface area contributed by atoms with Gasteiger partial charge in [-0.3, -0.25) is 4.79 Å². The summed E-state index contributed by atoms with van der Waals surface area (Å²) in [7, 11) is 0. The van der Waals surface area contributed by atoms with E-state index in [9.17, 15) is 4.79 Å². The lowest BCUT2D eigenvalue weighted by molar-refractivity contribution is -0.123. The second-order valence-corrected chi connectivity index (χ2v) is 5.13. The molecular weight excluding hydrogens is 259 g/mol. The third kappa shape index (κ3) is 3.70. The summed E-state index contributed by atoms with van der Waals surface area (Å²) in [6, 6.07) is 5.34. The molecule has 92 valence electrons.